The molecule has 0 aromatic rings. The molecule has 6 fully saturated rings. The minimum atomic E-state index is -2.15. The van der Waals surface area contributed by atoms with E-state index in [4.69, 9.17) is 37.9 Å². The first kappa shape index (κ1) is 71.4. The molecule has 4 aliphatic carbocycles. The fourth-order valence-electron chi connectivity index (χ4n) is 17.2. The Labute approximate surface area is 515 Å². The number of esters is 3. The van der Waals surface area contributed by atoms with Gasteiger partial charge in [-0.1, -0.05) is 46.3 Å². The van der Waals surface area contributed by atoms with Gasteiger partial charge in [-0.15, -0.1) is 0 Å². The number of methoxy groups -OCH3 is 2. The van der Waals surface area contributed by atoms with Crippen molar-refractivity contribution < 1.29 is 92.1 Å². The van der Waals surface area contributed by atoms with E-state index in [9.17, 15) is 49.8 Å². The first-order valence-corrected chi connectivity index (χ1v) is 32.0. The second kappa shape index (κ2) is 27.2. The highest BCUT2D eigenvalue weighted by molar-refractivity contribution is 6.01. The van der Waals surface area contributed by atoms with Crippen LogP contribution < -0.4 is 5.32 Å². The van der Waals surface area contributed by atoms with Crippen LogP contribution in [0.15, 0.2) is 23.8 Å². The highest BCUT2D eigenvalue weighted by Gasteiger charge is 2.78. The van der Waals surface area contributed by atoms with Crippen LogP contribution in [-0.4, -0.2) is 226 Å². The summed E-state index contributed by atoms with van der Waals surface area (Å²) in [4.78, 5) is 59.3. The van der Waals surface area contributed by atoms with Crippen LogP contribution in [0.3, 0.4) is 0 Å². The Morgan fingerprint density at radius 1 is 0.885 bits per heavy atom. The summed E-state index contributed by atoms with van der Waals surface area (Å²) in [7, 11) is 6.44. The average Bonchev–Trinajstić information content (AvgIpc) is 1.75. The van der Waals surface area contributed by atoms with E-state index in [0.717, 1.165) is 0 Å². The molecule has 0 amide bonds. The summed E-state index contributed by atoms with van der Waals surface area (Å²) in [5.41, 5.74) is -10.6. The number of cyclic esters (lactones) is 1. The number of ketones is 1. The van der Waals surface area contributed by atoms with Gasteiger partial charge >= 0.3 is 17.9 Å². The smallest absolute Gasteiger partial charge is 0.351 e. The lowest BCUT2D eigenvalue weighted by Crippen LogP contribution is -2.70. The van der Waals surface area contributed by atoms with Crippen LogP contribution in [0.1, 0.15) is 154 Å². The number of nitrogens with one attached hydrogen (secondary N) is 1. The summed E-state index contributed by atoms with van der Waals surface area (Å²) < 4.78 is 68.1. The third kappa shape index (κ3) is 13.3. The standard InChI is InChI=1S/C65H108FN3O18/c1-18-48-63(13,79)53(74)40(7)69(27-19-25-67-26-23-49(72)87-65(58(77)80-16)36(3)28-45-44-21-20-42-30-43(70)22-24-59(42,9)64(44,66)47(71)32-60(45,65)10)34-35(2)31-61(11,78)55(86-57-51(73)46(68(14)15)29-37(4)82-57)38(5)52(39(6)56(76)84-48)85-50-33-62(12,81-17)54(75)41(8)83-50/h22,24,30,35-41,44-48,50-55,57,67,71,73-75,78-79H,18-21,23,25-29,31-34H2,1-17H3/t35-,36-,37-,38+,39-,40-,41+,44?,45?,46+,47+,48-,50?,51-,52+,53-,54+,55-,57?,59+,60+,61-,62-,63-,64+,65+/m1/s1. The maximum Gasteiger partial charge on any atom is 0.351 e. The van der Waals surface area contributed by atoms with E-state index in [1.165, 1.54) is 33.3 Å². The van der Waals surface area contributed by atoms with E-state index in [2.05, 4.69) is 5.32 Å². The van der Waals surface area contributed by atoms with Crippen LogP contribution in [0, 0.1) is 46.3 Å². The summed E-state index contributed by atoms with van der Waals surface area (Å²) in [6.45, 7) is 23.8. The molecule has 22 heteroatoms. The van der Waals surface area contributed by atoms with Crippen LogP contribution in [-0.2, 0) is 57.1 Å². The van der Waals surface area contributed by atoms with E-state index in [-0.39, 0.29) is 62.5 Å². The summed E-state index contributed by atoms with van der Waals surface area (Å²) in [5, 5.41) is 76.0. The zero-order valence-corrected chi connectivity index (χ0v) is 55.0. The number of likely N-dealkylation sites (N-methyl/N-ethyl adjacent to an activating group) is 1. The Kier molecular flexibility index (Phi) is 22.4. The fraction of sp³-hybridized carbons (Fsp3) is 0.877. The van der Waals surface area contributed by atoms with Crippen molar-refractivity contribution in [3.63, 3.8) is 0 Å². The molecule has 4 unspecified atom stereocenters. The number of ether oxygens (including phenoxy) is 8. The quantitative estimate of drug-likeness (QED) is 0.0626. The minimum absolute atomic E-state index is 0.0672. The Balaban J connectivity index is 1.10. The van der Waals surface area contributed by atoms with Gasteiger partial charge in [-0.3, -0.25) is 19.3 Å². The number of rotatable bonds is 16. The molecule has 0 aromatic heterocycles. The average molecular weight is 1240 g/mol. The number of carbonyl (C=O) groups excluding carboxylic acids is 4. The van der Waals surface area contributed by atoms with E-state index in [0.29, 0.717) is 57.3 Å². The fourth-order valence-corrected chi connectivity index (χ4v) is 17.2. The molecule has 87 heavy (non-hydrogen) atoms. The van der Waals surface area contributed by atoms with Crippen molar-refractivity contribution in [3.8, 4) is 0 Å². The molecule has 3 saturated heterocycles. The SMILES string of the molecule is CC[C@H]1OC(=O)[C@H](C)[C@@H](OC2C[C@@](C)(OC)[C@@H](O)[C@H](C)O2)[C@H](C)[C@@H](OC2O[C@H](C)C[C@H](N(C)C)[C@H]2O)[C@](C)(O)C[C@@H](C)CN(CCCNCCC(=O)O[C@]2(C(=O)OC)[C@H](C)CC3C4CCC5=CC(=O)C=C[C@]5(C)[C@@]4(F)[C@@H](O)C[C@@]32C)[C@H](C)[C@@H](O)[C@]1(C)O. The number of fused-ring (bicyclic) bond motifs is 5. The number of alkyl halides is 1. The Morgan fingerprint density at radius 2 is 1.56 bits per heavy atom. The molecule has 7 rings (SSSR count). The second-order valence-electron chi connectivity index (χ2n) is 28.7. The number of aliphatic hydroxyl groups is 6. The highest BCUT2D eigenvalue weighted by Crippen LogP contribution is 2.71. The van der Waals surface area contributed by atoms with Gasteiger partial charge in [-0.25, -0.2) is 9.18 Å². The first-order chi connectivity index (χ1) is 40.5. The van der Waals surface area contributed by atoms with Crippen LogP contribution in [0.4, 0.5) is 4.39 Å². The van der Waals surface area contributed by atoms with Crippen molar-refractivity contribution in [2.45, 2.75) is 262 Å². The molecule has 0 aromatic carbocycles. The van der Waals surface area contributed by atoms with Gasteiger partial charge in [0.15, 0.2) is 24.0 Å². The minimum Gasteiger partial charge on any atom is -0.466 e. The molecule has 3 saturated carbocycles. The van der Waals surface area contributed by atoms with Gasteiger partial charge in [0.2, 0.25) is 5.60 Å². The molecular weight excluding hydrogens is 1130 g/mol. The van der Waals surface area contributed by atoms with Gasteiger partial charge in [0.1, 0.15) is 30.0 Å². The lowest BCUT2D eigenvalue weighted by Gasteiger charge is -2.62. The number of aliphatic hydroxyl groups excluding tert-OH is 4. The second-order valence-corrected chi connectivity index (χ2v) is 28.7. The Hall–Kier alpha value is -3.07. The first-order valence-electron chi connectivity index (χ1n) is 32.0. The molecule has 7 N–H and O–H groups in total. The van der Waals surface area contributed by atoms with E-state index in [1.54, 1.807) is 75.3 Å². The molecule has 21 nitrogen and oxygen atoms in total. The predicted octanol–water partition coefficient (Wildman–Crippen LogP) is 4.71. The molecule has 3 aliphatic heterocycles. The topological polar surface area (TPSA) is 282 Å². The van der Waals surface area contributed by atoms with Crippen molar-refractivity contribution in [2.24, 2.45) is 46.3 Å². The molecule has 0 bridgehead atoms. The predicted molar refractivity (Wildman–Crippen MR) is 319 cm³/mol. The Morgan fingerprint density at radius 3 is 2.20 bits per heavy atom. The normalized spacial score (nSPS) is 47.6. The maximum absolute atomic E-state index is 18.0. The lowest BCUT2D eigenvalue weighted by atomic mass is 9.44. The van der Waals surface area contributed by atoms with Crippen molar-refractivity contribution in [1.29, 1.82) is 0 Å². The third-order valence-corrected chi connectivity index (χ3v) is 22.3. The Bertz CT molecular complexity index is 2480. The highest BCUT2D eigenvalue weighted by atomic mass is 19.1. The number of nitrogens with zero attached hydrogens (tertiary/aromatic N) is 2. The molecule has 26 atom stereocenters. The largest absolute Gasteiger partial charge is 0.466 e. The third-order valence-electron chi connectivity index (χ3n) is 22.3. The van der Waals surface area contributed by atoms with E-state index >= 15 is 4.39 Å². The molecule has 498 valence electrons. The molecule has 0 radical (unpaired) electrons. The van der Waals surface area contributed by atoms with Crippen LogP contribution >= 0.6 is 0 Å². The van der Waals surface area contributed by atoms with Gasteiger partial charge in [-0.2, -0.15) is 0 Å². The molecule has 3 heterocycles. The number of allylic oxidation sites excluding steroid dienone is 4. The van der Waals surface area contributed by atoms with E-state index in [1.807, 2.05) is 37.7 Å². The monoisotopic (exact) mass is 1240 g/mol. The molecule has 7 aliphatic rings. The van der Waals surface area contributed by atoms with Crippen molar-refractivity contribution >= 4 is 23.7 Å². The summed E-state index contributed by atoms with van der Waals surface area (Å²) >= 11 is 0. The van der Waals surface area contributed by atoms with Crippen LogP contribution in [0.2, 0.25) is 0 Å². The van der Waals surface area contributed by atoms with Gasteiger partial charge in [0, 0.05) is 67.3 Å². The molecular formula is C65H108FN3O18. The van der Waals surface area contributed by atoms with Crippen molar-refractivity contribution in [2.75, 3.05) is 54.5 Å². The number of halogens is 1. The van der Waals surface area contributed by atoms with Gasteiger partial charge < -0.3 is 78.8 Å². The van der Waals surface area contributed by atoms with Crippen molar-refractivity contribution in [3.05, 3.63) is 23.8 Å². The molecule has 0 spiro atoms. The summed E-state index contributed by atoms with van der Waals surface area (Å²) in [6.07, 6.45) is -5.55. The van der Waals surface area contributed by atoms with Crippen LogP contribution in [0.25, 0.3) is 0 Å². The van der Waals surface area contributed by atoms with E-state index < -0.39 is 154 Å². The summed E-state index contributed by atoms with van der Waals surface area (Å²) in [6, 6.07) is -1.11. The summed E-state index contributed by atoms with van der Waals surface area (Å²) in [5.74, 6) is -6.52. The lowest BCUT2D eigenvalue weighted by molar-refractivity contribution is -0.318. The number of hydrogen-bond donors (Lipinski definition) is 7. The zero-order valence-electron chi connectivity index (χ0n) is 55.0. The zero-order chi connectivity index (χ0) is 64.9. The maximum atomic E-state index is 18.0. The number of carbonyl (C=O) groups is 4. The van der Waals surface area contributed by atoms with Crippen LogP contribution in [0.5, 0.6) is 0 Å². The number of hydrogen-bond acceptors (Lipinski definition) is 21. The van der Waals surface area contributed by atoms with Gasteiger partial charge in [0.05, 0.1) is 61.2 Å². The van der Waals surface area contributed by atoms with Crippen molar-refractivity contribution in [1.82, 2.24) is 15.1 Å². The van der Waals surface area contributed by atoms with Gasteiger partial charge in [0.25, 0.3) is 0 Å². The van der Waals surface area contributed by atoms with Gasteiger partial charge in [-0.05, 0) is 158 Å².